The van der Waals surface area contributed by atoms with Crippen molar-refractivity contribution in [2.24, 2.45) is 0 Å². The monoisotopic (exact) mass is 438 g/mol. The number of hydrogen-bond donors (Lipinski definition) is 1. The topological polar surface area (TPSA) is 54.4 Å². The van der Waals surface area contributed by atoms with Gasteiger partial charge in [-0.25, -0.2) is 0 Å². The van der Waals surface area contributed by atoms with Crippen LogP contribution >= 0.6 is 0 Å². The van der Waals surface area contributed by atoms with Crippen molar-refractivity contribution in [2.45, 2.75) is 4.90 Å². The van der Waals surface area contributed by atoms with Crippen molar-refractivity contribution in [1.82, 2.24) is 0 Å². The molecule has 0 spiro atoms. The highest BCUT2D eigenvalue weighted by atomic mass is 32.2. The van der Waals surface area contributed by atoms with Crippen molar-refractivity contribution < 1.29 is 13.0 Å². The predicted molar refractivity (Wildman–Crippen MR) is 132 cm³/mol. The molecule has 0 fully saturated rings. The zero-order chi connectivity index (χ0) is 22.4. The average molecular weight is 439 g/mol. The Labute approximate surface area is 188 Å². The van der Waals surface area contributed by atoms with Gasteiger partial charge in [0, 0.05) is 0 Å². The minimum atomic E-state index is -4.26. The summed E-state index contributed by atoms with van der Waals surface area (Å²) in [5.41, 5.74) is 5.89. The smallest absolute Gasteiger partial charge is 0.282 e. The Morgan fingerprint density at radius 1 is 0.500 bits per heavy atom. The highest BCUT2D eigenvalue weighted by Crippen LogP contribution is 2.23. The van der Waals surface area contributed by atoms with Crippen LogP contribution in [0.1, 0.15) is 22.3 Å². The first kappa shape index (κ1) is 21.5. The quantitative estimate of drug-likeness (QED) is 0.262. The van der Waals surface area contributed by atoms with Gasteiger partial charge in [0.25, 0.3) is 10.1 Å². The third-order valence-corrected chi connectivity index (χ3v) is 6.00. The van der Waals surface area contributed by atoms with E-state index in [0.717, 1.165) is 22.3 Å². The molecular weight excluding hydrogens is 416 g/mol. The summed E-state index contributed by atoms with van der Waals surface area (Å²) in [6, 6.07) is 32.9. The maximum Gasteiger partial charge on any atom is 0.295 e. The standard InChI is InChI=1S/C28H22O3S/c29-32(30,31)28-9-5-4-8-27(28)21-16-24-14-19-26(20-15-24)25-17-12-23(13-18-25)11-10-22-6-2-1-3-7-22/h1-21H,(H,29,30,31)/b11-10+,21-16+. The van der Waals surface area contributed by atoms with Crippen molar-refractivity contribution in [2.75, 3.05) is 0 Å². The van der Waals surface area contributed by atoms with Crippen LogP contribution in [0.15, 0.2) is 108 Å². The van der Waals surface area contributed by atoms with E-state index in [4.69, 9.17) is 0 Å². The van der Waals surface area contributed by atoms with Crippen molar-refractivity contribution in [3.63, 3.8) is 0 Å². The Hall–Kier alpha value is -3.73. The fourth-order valence-corrected chi connectivity index (χ4v) is 4.05. The molecule has 158 valence electrons. The fourth-order valence-electron chi connectivity index (χ4n) is 3.37. The summed E-state index contributed by atoms with van der Waals surface area (Å²) in [5.74, 6) is 0. The summed E-state index contributed by atoms with van der Waals surface area (Å²) in [6.07, 6.45) is 7.70. The van der Waals surface area contributed by atoms with Crippen LogP contribution in [-0.2, 0) is 10.1 Å². The van der Waals surface area contributed by atoms with E-state index in [9.17, 15) is 13.0 Å². The summed E-state index contributed by atoms with van der Waals surface area (Å²) in [7, 11) is -4.26. The first-order valence-electron chi connectivity index (χ1n) is 10.2. The molecule has 0 aliphatic carbocycles. The SMILES string of the molecule is O=S(=O)(O)c1ccccc1/C=C/c1ccc(-c2ccc(/C=C/c3ccccc3)cc2)cc1. The van der Waals surface area contributed by atoms with Crippen molar-refractivity contribution in [3.8, 4) is 11.1 Å². The molecular formula is C28H22O3S. The van der Waals surface area contributed by atoms with E-state index in [1.54, 1.807) is 24.3 Å². The van der Waals surface area contributed by atoms with Crippen LogP contribution in [0, 0.1) is 0 Å². The van der Waals surface area contributed by atoms with E-state index < -0.39 is 10.1 Å². The molecule has 4 aromatic carbocycles. The minimum Gasteiger partial charge on any atom is -0.282 e. The van der Waals surface area contributed by atoms with Gasteiger partial charge >= 0.3 is 0 Å². The summed E-state index contributed by atoms with van der Waals surface area (Å²) in [6.45, 7) is 0. The molecule has 4 rings (SSSR count). The second-order valence-electron chi connectivity index (χ2n) is 7.33. The molecule has 4 aromatic rings. The van der Waals surface area contributed by atoms with Crippen LogP contribution in [0.25, 0.3) is 35.4 Å². The third-order valence-electron chi connectivity index (χ3n) is 5.07. The highest BCUT2D eigenvalue weighted by molar-refractivity contribution is 7.85. The van der Waals surface area contributed by atoms with Gasteiger partial charge < -0.3 is 0 Å². The molecule has 0 bridgehead atoms. The lowest BCUT2D eigenvalue weighted by Crippen LogP contribution is -2.00. The van der Waals surface area contributed by atoms with Crippen LogP contribution < -0.4 is 0 Å². The molecule has 0 saturated heterocycles. The fraction of sp³-hybridized carbons (Fsp3) is 0. The van der Waals surface area contributed by atoms with Gasteiger partial charge in [-0.15, -0.1) is 0 Å². The Bertz CT molecular complexity index is 1350. The molecule has 1 N–H and O–H groups in total. The minimum absolute atomic E-state index is 0.103. The second-order valence-corrected chi connectivity index (χ2v) is 8.72. The van der Waals surface area contributed by atoms with Crippen LogP contribution in [0.3, 0.4) is 0 Å². The van der Waals surface area contributed by atoms with Gasteiger partial charge in [-0.05, 0) is 39.4 Å². The molecule has 3 nitrogen and oxygen atoms in total. The van der Waals surface area contributed by atoms with E-state index >= 15 is 0 Å². The molecule has 0 amide bonds. The van der Waals surface area contributed by atoms with E-state index in [-0.39, 0.29) is 4.90 Å². The molecule has 0 atom stereocenters. The lowest BCUT2D eigenvalue weighted by Gasteiger charge is -2.04. The van der Waals surface area contributed by atoms with E-state index in [0.29, 0.717) is 5.56 Å². The van der Waals surface area contributed by atoms with E-state index in [1.165, 1.54) is 11.6 Å². The lowest BCUT2D eigenvalue weighted by atomic mass is 10.0. The molecule has 0 aliphatic rings. The molecule has 0 aliphatic heterocycles. The molecule has 0 saturated carbocycles. The number of benzene rings is 4. The Morgan fingerprint density at radius 2 is 0.938 bits per heavy atom. The second kappa shape index (κ2) is 9.60. The average Bonchev–Trinajstić information content (AvgIpc) is 2.82. The van der Waals surface area contributed by atoms with Crippen LogP contribution in [0.5, 0.6) is 0 Å². The zero-order valence-electron chi connectivity index (χ0n) is 17.3. The molecule has 32 heavy (non-hydrogen) atoms. The summed E-state index contributed by atoms with van der Waals surface area (Å²) >= 11 is 0. The van der Waals surface area contributed by atoms with Gasteiger partial charge in [0.05, 0.1) is 0 Å². The van der Waals surface area contributed by atoms with E-state index in [2.05, 4.69) is 48.6 Å². The summed E-state index contributed by atoms with van der Waals surface area (Å²) in [4.78, 5) is -0.103. The van der Waals surface area contributed by atoms with Crippen LogP contribution in [0.4, 0.5) is 0 Å². The molecule has 0 heterocycles. The Balaban J connectivity index is 1.47. The van der Waals surface area contributed by atoms with Gasteiger partial charge in [-0.2, -0.15) is 8.42 Å². The van der Waals surface area contributed by atoms with Crippen LogP contribution in [-0.4, -0.2) is 13.0 Å². The number of rotatable bonds is 6. The first-order chi connectivity index (χ1) is 15.5. The summed E-state index contributed by atoms with van der Waals surface area (Å²) in [5, 5.41) is 0. The predicted octanol–water partition coefficient (Wildman–Crippen LogP) is 6.94. The summed E-state index contributed by atoms with van der Waals surface area (Å²) < 4.78 is 32.4. The van der Waals surface area contributed by atoms with Crippen molar-refractivity contribution in [3.05, 3.63) is 125 Å². The highest BCUT2D eigenvalue weighted by Gasteiger charge is 2.12. The van der Waals surface area contributed by atoms with Crippen molar-refractivity contribution in [1.29, 1.82) is 0 Å². The first-order valence-corrected chi connectivity index (χ1v) is 11.6. The molecule has 4 heteroatoms. The van der Waals surface area contributed by atoms with Gasteiger partial charge in [-0.3, -0.25) is 4.55 Å². The van der Waals surface area contributed by atoms with Gasteiger partial charge in [0.15, 0.2) is 0 Å². The molecule has 0 unspecified atom stereocenters. The lowest BCUT2D eigenvalue weighted by molar-refractivity contribution is 0.483. The Kier molecular flexibility index (Phi) is 6.45. The van der Waals surface area contributed by atoms with Crippen LogP contribution in [0.2, 0.25) is 0 Å². The Morgan fingerprint density at radius 3 is 1.47 bits per heavy atom. The van der Waals surface area contributed by atoms with E-state index in [1.807, 2.05) is 48.5 Å². The maximum absolute atomic E-state index is 11.5. The molecule has 0 radical (unpaired) electrons. The zero-order valence-corrected chi connectivity index (χ0v) is 18.1. The third kappa shape index (κ3) is 5.49. The molecule has 0 aromatic heterocycles. The number of hydrogen-bond acceptors (Lipinski definition) is 2. The van der Waals surface area contributed by atoms with Gasteiger partial charge in [0.1, 0.15) is 4.90 Å². The maximum atomic E-state index is 11.5. The normalized spacial score (nSPS) is 11.9. The van der Waals surface area contributed by atoms with Gasteiger partial charge in [-0.1, -0.05) is 121 Å². The largest absolute Gasteiger partial charge is 0.295 e. The van der Waals surface area contributed by atoms with Crippen molar-refractivity contribution >= 4 is 34.4 Å². The van der Waals surface area contributed by atoms with Gasteiger partial charge in [0.2, 0.25) is 0 Å².